The highest BCUT2D eigenvalue weighted by atomic mass is 19.2. The molecule has 1 unspecified atom stereocenters. The lowest BCUT2D eigenvalue weighted by Gasteiger charge is -2.39. The smallest absolute Gasteiger partial charge is 0.245 e. The third-order valence-corrected chi connectivity index (χ3v) is 5.12. The van der Waals surface area contributed by atoms with Crippen molar-refractivity contribution in [2.24, 2.45) is 5.92 Å². The zero-order valence-corrected chi connectivity index (χ0v) is 14.7. The summed E-state index contributed by atoms with van der Waals surface area (Å²) in [6.07, 6.45) is 2.84. The molecule has 2 aliphatic heterocycles. The maximum atomic E-state index is 13.9. The molecule has 2 saturated heterocycles. The van der Waals surface area contributed by atoms with Crippen LogP contribution in [0.5, 0.6) is 0 Å². The van der Waals surface area contributed by atoms with Gasteiger partial charge in [0.25, 0.3) is 0 Å². The summed E-state index contributed by atoms with van der Waals surface area (Å²) in [7, 11) is 0. The number of rotatable bonds is 3. The van der Waals surface area contributed by atoms with E-state index in [1.807, 2.05) is 0 Å². The molecule has 0 aromatic heterocycles. The Labute approximate surface area is 151 Å². The maximum Gasteiger partial charge on any atom is 0.245 e. The molecular formula is C19H23F2N3O2. The van der Waals surface area contributed by atoms with E-state index in [4.69, 9.17) is 0 Å². The molecule has 0 aliphatic carbocycles. The van der Waals surface area contributed by atoms with Gasteiger partial charge in [-0.2, -0.15) is 0 Å². The molecule has 7 heteroatoms. The number of anilines is 1. The Morgan fingerprint density at radius 1 is 1.08 bits per heavy atom. The molecular weight excluding hydrogens is 340 g/mol. The van der Waals surface area contributed by atoms with Crippen molar-refractivity contribution in [3.63, 3.8) is 0 Å². The standard InChI is InChI=1S/C19H23F2N3O2/c1-2-17(25)24-8-4-5-14(13-24)19(26)23-11-9-22(10-12-23)16-7-3-6-15(20)18(16)21/h2-3,6-7,14H,1,4-5,8-13H2. The van der Waals surface area contributed by atoms with E-state index in [1.165, 1.54) is 12.1 Å². The average molecular weight is 363 g/mol. The second kappa shape index (κ2) is 7.85. The van der Waals surface area contributed by atoms with Crippen molar-refractivity contribution in [2.75, 3.05) is 44.2 Å². The van der Waals surface area contributed by atoms with E-state index in [-0.39, 0.29) is 23.4 Å². The molecule has 2 fully saturated rings. The topological polar surface area (TPSA) is 43.9 Å². The molecule has 2 aliphatic rings. The molecule has 0 spiro atoms. The number of nitrogens with zero attached hydrogens (tertiary/aromatic N) is 3. The number of amides is 2. The van der Waals surface area contributed by atoms with Crippen LogP contribution in [0.15, 0.2) is 30.9 Å². The highest BCUT2D eigenvalue weighted by molar-refractivity contribution is 5.88. The van der Waals surface area contributed by atoms with Crippen LogP contribution in [0.3, 0.4) is 0 Å². The van der Waals surface area contributed by atoms with Crippen LogP contribution in [-0.4, -0.2) is 60.9 Å². The first-order chi connectivity index (χ1) is 12.5. The molecule has 0 N–H and O–H groups in total. The van der Waals surface area contributed by atoms with Gasteiger partial charge in [-0.15, -0.1) is 0 Å². The predicted molar refractivity (Wildman–Crippen MR) is 94.7 cm³/mol. The number of hydrogen-bond donors (Lipinski definition) is 0. The van der Waals surface area contributed by atoms with Crippen LogP contribution >= 0.6 is 0 Å². The Morgan fingerprint density at radius 2 is 1.81 bits per heavy atom. The fraction of sp³-hybridized carbons (Fsp3) is 0.474. The van der Waals surface area contributed by atoms with Gasteiger partial charge in [0.05, 0.1) is 11.6 Å². The molecule has 2 amide bonds. The zero-order chi connectivity index (χ0) is 18.7. The van der Waals surface area contributed by atoms with Crippen LogP contribution in [0.25, 0.3) is 0 Å². The molecule has 3 rings (SSSR count). The zero-order valence-electron chi connectivity index (χ0n) is 14.7. The summed E-state index contributed by atoms with van der Waals surface area (Å²) in [5, 5.41) is 0. The number of benzene rings is 1. The van der Waals surface area contributed by atoms with E-state index in [2.05, 4.69) is 6.58 Å². The van der Waals surface area contributed by atoms with Gasteiger partial charge < -0.3 is 14.7 Å². The Bertz CT molecular complexity index is 702. The quantitative estimate of drug-likeness (QED) is 0.772. The second-order valence-corrected chi connectivity index (χ2v) is 6.71. The van der Waals surface area contributed by atoms with E-state index < -0.39 is 11.6 Å². The first kappa shape index (κ1) is 18.4. The van der Waals surface area contributed by atoms with Crippen molar-refractivity contribution in [1.82, 2.24) is 9.80 Å². The van der Waals surface area contributed by atoms with Gasteiger partial charge in [0.2, 0.25) is 11.8 Å². The SMILES string of the molecule is C=CC(=O)N1CCCC(C(=O)N2CCN(c3cccc(F)c3F)CC2)C1. The van der Waals surface area contributed by atoms with Gasteiger partial charge in [-0.25, -0.2) is 8.78 Å². The lowest BCUT2D eigenvalue weighted by Crippen LogP contribution is -2.53. The summed E-state index contributed by atoms with van der Waals surface area (Å²) in [4.78, 5) is 29.8. The van der Waals surface area contributed by atoms with E-state index in [0.717, 1.165) is 18.9 Å². The first-order valence-corrected chi connectivity index (χ1v) is 8.90. The maximum absolute atomic E-state index is 13.9. The minimum absolute atomic E-state index is 0.0333. The molecule has 0 saturated carbocycles. The van der Waals surface area contributed by atoms with Gasteiger partial charge in [0, 0.05) is 39.3 Å². The van der Waals surface area contributed by atoms with Gasteiger partial charge in [0.1, 0.15) is 0 Å². The summed E-state index contributed by atoms with van der Waals surface area (Å²) < 4.78 is 27.3. The van der Waals surface area contributed by atoms with Gasteiger partial charge in [-0.3, -0.25) is 9.59 Å². The third-order valence-electron chi connectivity index (χ3n) is 5.12. The normalized spacial score (nSPS) is 20.8. The number of piperidine rings is 1. The molecule has 140 valence electrons. The van der Waals surface area contributed by atoms with Crippen molar-refractivity contribution < 1.29 is 18.4 Å². The van der Waals surface area contributed by atoms with E-state index in [0.29, 0.717) is 39.3 Å². The van der Waals surface area contributed by atoms with Crippen LogP contribution < -0.4 is 4.90 Å². The van der Waals surface area contributed by atoms with Crippen LogP contribution in [-0.2, 0) is 9.59 Å². The summed E-state index contributed by atoms with van der Waals surface area (Å²) >= 11 is 0. The predicted octanol–water partition coefficient (Wildman–Crippen LogP) is 2.04. The monoisotopic (exact) mass is 363 g/mol. The van der Waals surface area contributed by atoms with E-state index in [9.17, 15) is 18.4 Å². The van der Waals surface area contributed by atoms with Crippen LogP contribution in [0, 0.1) is 17.6 Å². The van der Waals surface area contributed by atoms with Crippen molar-refractivity contribution in [2.45, 2.75) is 12.8 Å². The van der Waals surface area contributed by atoms with Crippen molar-refractivity contribution in [3.05, 3.63) is 42.5 Å². The molecule has 0 radical (unpaired) electrons. The summed E-state index contributed by atoms with van der Waals surface area (Å²) in [5.74, 6) is -2.03. The van der Waals surface area contributed by atoms with E-state index >= 15 is 0 Å². The minimum atomic E-state index is -0.866. The van der Waals surface area contributed by atoms with E-state index in [1.54, 1.807) is 20.8 Å². The lowest BCUT2D eigenvalue weighted by molar-refractivity contribution is -0.139. The minimum Gasteiger partial charge on any atom is -0.366 e. The average Bonchev–Trinajstić information content (AvgIpc) is 2.69. The molecule has 26 heavy (non-hydrogen) atoms. The molecule has 1 aromatic rings. The number of likely N-dealkylation sites (tertiary alicyclic amines) is 1. The van der Waals surface area contributed by atoms with Crippen molar-refractivity contribution in [3.8, 4) is 0 Å². The lowest BCUT2D eigenvalue weighted by atomic mass is 9.96. The Morgan fingerprint density at radius 3 is 2.50 bits per heavy atom. The summed E-state index contributed by atoms with van der Waals surface area (Å²) in [6.45, 7) is 6.39. The van der Waals surface area contributed by atoms with Gasteiger partial charge >= 0.3 is 0 Å². The fourth-order valence-electron chi connectivity index (χ4n) is 3.67. The molecule has 1 aromatic carbocycles. The molecule has 5 nitrogen and oxygen atoms in total. The fourth-order valence-corrected chi connectivity index (χ4v) is 3.67. The van der Waals surface area contributed by atoms with Crippen LogP contribution in [0.2, 0.25) is 0 Å². The molecule has 0 bridgehead atoms. The third kappa shape index (κ3) is 3.71. The Kier molecular flexibility index (Phi) is 5.54. The number of carbonyl (C=O) groups excluding carboxylic acids is 2. The number of hydrogen-bond acceptors (Lipinski definition) is 3. The molecule has 1 atom stereocenters. The number of piperazine rings is 1. The summed E-state index contributed by atoms with van der Waals surface area (Å²) in [6, 6.07) is 4.13. The Balaban J connectivity index is 1.59. The summed E-state index contributed by atoms with van der Waals surface area (Å²) in [5.41, 5.74) is 0.234. The van der Waals surface area contributed by atoms with Gasteiger partial charge in [-0.1, -0.05) is 12.6 Å². The van der Waals surface area contributed by atoms with Gasteiger partial charge in [-0.05, 0) is 31.1 Å². The van der Waals surface area contributed by atoms with Crippen LogP contribution in [0.1, 0.15) is 12.8 Å². The van der Waals surface area contributed by atoms with Crippen molar-refractivity contribution in [1.29, 1.82) is 0 Å². The highest BCUT2D eigenvalue weighted by Crippen LogP contribution is 2.24. The number of carbonyl (C=O) groups is 2. The van der Waals surface area contributed by atoms with Crippen LogP contribution in [0.4, 0.5) is 14.5 Å². The Hall–Kier alpha value is -2.44. The first-order valence-electron chi connectivity index (χ1n) is 8.90. The van der Waals surface area contributed by atoms with Crippen molar-refractivity contribution >= 4 is 17.5 Å². The second-order valence-electron chi connectivity index (χ2n) is 6.71. The molecule has 2 heterocycles. The largest absolute Gasteiger partial charge is 0.366 e. The number of halogens is 2. The highest BCUT2D eigenvalue weighted by Gasteiger charge is 2.32. The van der Waals surface area contributed by atoms with Gasteiger partial charge in [0.15, 0.2) is 11.6 Å².